The molecule has 0 unspecified atom stereocenters. The summed E-state index contributed by atoms with van der Waals surface area (Å²) in [6.07, 6.45) is 3.64. The first-order chi connectivity index (χ1) is 11.1. The highest BCUT2D eigenvalue weighted by molar-refractivity contribution is 9.10. The van der Waals surface area contributed by atoms with Crippen molar-refractivity contribution in [2.45, 2.75) is 12.0 Å². The van der Waals surface area contributed by atoms with Crippen molar-refractivity contribution >= 4 is 44.9 Å². The Balaban J connectivity index is 2.17. The summed E-state index contributed by atoms with van der Waals surface area (Å²) < 4.78 is 2.74. The fraction of sp³-hybridized carbons (Fsp3) is 0.118. The maximum atomic E-state index is 12.6. The third-order valence-electron chi connectivity index (χ3n) is 3.79. The molecule has 0 spiro atoms. The molecule has 0 bridgehead atoms. The van der Waals surface area contributed by atoms with Crippen LogP contribution >= 0.6 is 28.1 Å². The number of nitrogens with one attached hydrogen (secondary N) is 1. The van der Waals surface area contributed by atoms with E-state index in [4.69, 9.17) is 12.2 Å². The Morgan fingerprint density at radius 2 is 1.83 bits per heavy atom. The molecule has 0 aliphatic carbocycles. The second-order valence-corrected chi connectivity index (χ2v) is 6.46. The lowest BCUT2D eigenvalue weighted by molar-refractivity contribution is -0.711. The van der Waals surface area contributed by atoms with Gasteiger partial charge in [0.2, 0.25) is 6.04 Å². The predicted octanol–water partition coefficient (Wildman–Crippen LogP) is 2.68. The van der Waals surface area contributed by atoms with E-state index in [1.807, 2.05) is 54.9 Å². The molecule has 1 aromatic carbocycles. The zero-order valence-corrected chi connectivity index (χ0v) is 14.3. The number of aromatic nitrogens is 1. The fourth-order valence-electron chi connectivity index (χ4n) is 2.75. The van der Waals surface area contributed by atoms with Crippen molar-refractivity contribution < 1.29 is 9.36 Å². The number of hydrogen-bond donors (Lipinski definition) is 1. The van der Waals surface area contributed by atoms with Crippen molar-refractivity contribution in [3.63, 3.8) is 0 Å². The Morgan fingerprint density at radius 1 is 1.17 bits per heavy atom. The molecule has 4 nitrogen and oxygen atoms in total. The molecule has 23 heavy (non-hydrogen) atoms. The summed E-state index contributed by atoms with van der Waals surface area (Å²) in [7, 11) is 0. The maximum absolute atomic E-state index is 12.6. The number of carbonyl (C=O) groups excluding carboxylic acids is 1. The minimum absolute atomic E-state index is 0.207. The molecule has 6 heteroatoms. The van der Waals surface area contributed by atoms with Gasteiger partial charge in [0.15, 0.2) is 12.4 Å². The molecule has 1 aromatic heterocycles. The fourth-order valence-corrected chi connectivity index (χ4v) is 3.29. The molecule has 3 rings (SSSR count). The van der Waals surface area contributed by atoms with Gasteiger partial charge >= 0.3 is 0 Å². The molecule has 1 N–H and O–H groups in total. The Labute approximate surface area is 147 Å². The summed E-state index contributed by atoms with van der Waals surface area (Å²) in [4.78, 5) is 12.8. The van der Waals surface area contributed by atoms with Crippen molar-refractivity contribution in [3.05, 3.63) is 75.9 Å². The molecule has 2 heterocycles. The lowest BCUT2D eigenvalue weighted by Crippen LogP contribution is -2.56. The minimum Gasteiger partial charge on any atom is -0.763 e. The number of thiocarbonyl (C=S) groups is 1. The van der Waals surface area contributed by atoms with Gasteiger partial charge in [-0.2, -0.15) is 4.57 Å². The van der Waals surface area contributed by atoms with Crippen LogP contribution in [0.3, 0.4) is 0 Å². The van der Waals surface area contributed by atoms with E-state index in [0.717, 1.165) is 10.0 Å². The molecule has 1 aliphatic heterocycles. The summed E-state index contributed by atoms with van der Waals surface area (Å²) in [6, 6.07) is 12.6. The van der Waals surface area contributed by atoms with Crippen LogP contribution < -0.4 is 9.88 Å². The van der Waals surface area contributed by atoms with E-state index in [9.17, 15) is 10.2 Å². The first-order valence-corrected chi connectivity index (χ1v) is 8.15. The molecule has 114 valence electrons. The van der Waals surface area contributed by atoms with Gasteiger partial charge in [-0.05, 0) is 17.7 Å². The van der Waals surface area contributed by atoms with Gasteiger partial charge in [-0.15, -0.1) is 0 Å². The van der Waals surface area contributed by atoms with Gasteiger partial charge in [-0.3, -0.25) is 10.7 Å². The molecule has 2 atom stereocenters. The van der Waals surface area contributed by atoms with Gasteiger partial charge in [0.25, 0.3) is 5.91 Å². The van der Waals surface area contributed by atoms with Crippen LogP contribution in [0.25, 0.3) is 5.41 Å². The quantitative estimate of drug-likeness (QED) is 0.374. The number of benzene rings is 1. The van der Waals surface area contributed by atoms with Gasteiger partial charge in [0.1, 0.15) is 4.99 Å². The molecular formula is C17H12BrN3OS. The second-order valence-electron chi connectivity index (χ2n) is 5.14. The number of nitrogens with zero attached hydrogens (tertiary/aromatic N) is 2. The monoisotopic (exact) mass is 385 g/mol. The number of piperidine rings is 1. The Bertz CT molecular complexity index is 813. The lowest BCUT2D eigenvalue weighted by atomic mass is 9.82. The van der Waals surface area contributed by atoms with Crippen molar-refractivity contribution in [2.24, 2.45) is 0 Å². The van der Waals surface area contributed by atoms with E-state index in [2.05, 4.69) is 27.1 Å². The van der Waals surface area contributed by atoms with Gasteiger partial charge in [-0.1, -0.05) is 46.3 Å². The van der Waals surface area contributed by atoms with Gasteiger partial charge in [-0.25, -0.2) is 0 Å². The SMILES string of the molecule is [N-]=C=C1C(=S)NC(=O)[C@H]([n+]2ccccc2)[C@H]1c1ccc(Br)cc1. The zero-order chi connectivity index (χ0) is 16.4. The third kappa shape index (κ3) is 3.01. The topological polar surface area (TPSA) is 55.3 Å². The van der Waals surface area contributed by atoms with Crippen molar-refractivity contribution in [2.75, 3.05) is 0 Å². The minimum atomic E-state index is -0.557. The van der Waals surface area contributed by atoms with Crippen LogP contribution in [0.1, 0.15) is 17.5 Å². The van der Waals surface area contributed by atoms with Crippen LogP contribution in [-0.2, 0) is 4.79 Å². The largest absolute Gasteiger partial charge is 0.763 e. The van der Waals surface area contributed by atoms with Crippen LogP contribution in [-0.4, -0.2) is 16.8 Å². The number of amides is 1. The molecular weight excluding hydrogens is 374 g/mol. The highest BCUT2D eigenvalue weighted by atomic mass is 79.9. The molecule has 1 saturated heterocycles. The van der Waals surface area contributed by atoms with Crippen molar-refractivity contribution in [1.29, 1.82) is 0 Å². The summed E-state index contributed by atoms with van der Waals surface area (Å²) in [5.74, 6) is 1.55. The van der Waals surface area contributed by atoms with Crippen molar-refractivity contribution in [3.8, 4) is 0 Å². The van der Waals surface area contributed by atoms with E-state index in [1.165, 1.54) is 0 Å². The molecule has 1 amide bonds. The van der Waals surface area contributed by atoms with Crippen LogP contribution in [0.15, 0.2) is 64.9 Å². The standard InChI is InChI=1S/C17H12BrN3OS/c18-12-6-4-11(5-7-12)14-13(10-19)17(23)20-16(22)15(14)21-8-2-1-3-9-21/h1-9,14-15H,(H,20,22,23)/t14-,15+/m0/s1. The zero-order valence-electron chi connectivity index (χ0n) is 11.9. The Morgan fingerprint density at radius 3 is 2.43 bits per heavy atom. The average molecular weight is 386 g/mol. The summed E-state index contributed by atoms with van der Waals surface area (Å²) in [5, 5.41) is 12.2. The highest BCUT2D eigenvalue weighted by Gasteiger charge is 2.44. The average Bonchev–Trinajstić information content (AvgIpc) is 2.56. The van der Waals surface area contributed by atoms with Crippen molar-refractivity contribution in [1.82, 2.24) is 5.32 Å². The summed E-state index contributed by atoms with van der Waals surface area (Å²) in [6.45, 7) is 0. The predicted molar refractivity (Wildman–Crippen MR) is 95.2 cm³/mol. The van der Waals surface area contributed by atoms with E-state index in [-0.39, 0.29) is 10.9 Å². The first kappa shape index (κ1) is 15.7. The van der Waals surface area contributed by atoms with E-state index < -0.39 is 12.0 Å². The number of rotatable bonds is 2. The smallest absolute Gasteiger partial charge is 0.295 e. The summed E-state index contributed by atoms with van der Waals surface area (Å²) in [5.41, 5.74) is 1.28. The maximum Gasteiger partial charge on any atom is 0.295 e. The molecule has 0 saturated carbocycles. The number of halogens is 1. The van der Waals surface area contributed by atoms with Gasteiger partial charge in [0.05, 0.1) is 5.92 Å². The highest BCUT2D eigenvalue weighted by Crippen LogP contribution is 2.35. The first-order valence-electron chi connectivity index (χ1n) is 6.95. The Kier molecular flexibility index (Phi) is 4.48. The number of hydrogen-bond acceptors (Lipinski definition) is 2. The molecule has 1 aliphatic rings. The third-order valence-corrected chi connectivity index (χ3v) is 4.64. The van der Waals surface area contributed by atoms with E-state index in [1.54, 1.807) is 4.57 Å². The normalized spacial score (nSPS) is 20.8. The van der Waals surface area contributed by atoms with Crippen LogP contribution in [0.2, 0.25) is 0 Å². The summed E-state index contributed by atoms with van der Waals surface area (Å²) >= 11 is 8.60. The van der Waals surface area contributed by atoms with Gasteiger partial charge in [0, 0.05) is 22.2 Å². The molecule has 0 radical (unpaired) electrons. The Hall–Kier alpha value is -2.14. The second kappa shape index (κ2) is 6.54. The number of carbonyl (C=O) groups is 1. The van der Waals surface area contributed by atoms with Gasteiger partial charge < -0.3 is 10.7 Å². The van der Waals surface area contributed by atoms with Crippen LogP contribution in [0, 0.1) is 0 Å². The number of pyridine rings is 1. The lowest BCUT2D eigenvalue weighted by Gasteiger charge is -2.30. The molecule has 1 fully saturated rings. The molecule has 2 aromatic rings. The van der Waals surface area contributed by atoms with Crippen LogP contribution in [0.5, 0.6) is 0 Å². The van der Waals surface area contributed by atoms with E-state index >= 15 is 0 Å². The van der Waals surface area contributed by atoms with Crippen LogP contribution in [0.4, 0.5) is 0 Å². The van der Waals surface area contributed by atoms with E-state index in [0.29, 0.717) is 5.57 Å².